The average Bonchev–Trinajstić information content (AvgIpc) is 3.08. The van der Waals surface area contributed by atoms with Gasteiger partial charge in [-0.2, -0.15) is 0 Å². The van der Waals surface area contributed by atoms with Crippen LogP contribution in [0.15, 0.2) is 72.3 Å². The summed E-state index contributed by atoms with van der Waals surface area (Å²) in [6.45, 7) is 6.35. The highest BCUT2D eigenvalue weighted by atomic mass is 16.5. The molecule has 1 aliphatic heterocycles. The minimum absolute atomic E-state index is 0.0108. The zero-order valence-electron chi connectivity index (χ0n) is 19.4. The number of aliphatic hydroxyl groups excluding tert-OH is 1. The van der Waals surface area contributed by atoms with Crippen LogP contribution in [0.5, 0.6) is 11.5 Å². The second kappa shape index (κ2) is 9.43. The van der Waals surface area contributed by atoms with E-state index in [-0.39, 0.29) is 17.1 Å². The number of rotatable bonds is 6. The maximum atomic E-state index is 13.3. The standard InChI is InChI=1S/C28H27NO5/c1-4-14-34-22-7-5-6-20(16-22)26(31)24-25(19-9-11-21(30)12-10-19)29(28(33)27(24)32)23-13-8-17(2)15-18(23)3/h5-13,15-16,25,30-31H,4,14H2,1-3H3/b26-24+. The molecule has 0 radical (unpaired) electrons. The molecule has 3 aromatic rings. The van der Waals surface area contributed by atoms with Gasteiger partial charge in [-0.15, -0.1) is 0 Å². The number of hydrogen-bond donors (Lipinski definition) is 2. The summed E-state index contributed by atoms with van der Waals surface area (Å²) in [6.07, 6.45) is 0.831. The van der Waals surface area contributed by atoms with Crippen molar-refractivity contribution in [2.24, 2.45) is 0 Å². The van der Waals surface area contributed by atoms with Gasteiger partial charge in [-0.05, 0) is 61.7 Å². The van der Waals surface area contributed by atoms with E-state index in [0.29, 0.717) is 29.2 Å². The van der Waals surface area contributed by atoms with Crippen LogP contribution in [-0.2, 0) is 9.59 Å². The van der Waals surface area contributed by atoms with Crippen molar-refractivity contribution in [3.8, 4) is 11.5 Å². The Labute approximate surface area is 198 Å². The predicted octanol–water partition coefficient (Wildman–Crippen LogP) is 5.42. The van der Waals surface area contributed by atoms with Gasteiger partial charge in [0.1, 0.15) is 17.3 Å². The van der Waals surface area contributed by atoms with Crippen LogP contribution in [0.4, 0.5) is 5.69 Å². The first kappa shape index (κ1) is 23.1. The Balaban J connectivity index is 1.91. The van der Waals surface area contributed by atoms with Gasteiger partial charge in [0, 0.05) is 11.3 Å². The van der Waals surface area contributed by atoms with Crippen LogP contribution < -0.4 is 9.64 Å². The summed E-state index contributed by atoms with van der Waals surface area (Å²) in [5.41, 5.74) is 3.42. The van der Waals surface area contributed by atoms with E-state index in [0.717, 1.165) is 17.5 Å². The zero-order valence-corrected chi connectivity index (χ0v) is 19.4. The Morgan fingerprint density at radius 2 is 1.74 bits per heavy atom. The number of carbonyl (C=O) groups is 2. The zero-order chi connectivity index (χ0) is 24.4. The van der Waals surface area contributed by atoms with E-state index in [1.807, 2.05) is 39.0 Å². The minimum atomic E-state index is -0.859. The van der Waals surface area contributed by atoms with Gasteiger partial charge in [0.2, 0.25) is 0 Å². The fourth-order valence-corrected chi connectivity index (χ4v) is 4.24. The Hall–Kier alpha value is -4.06. The molecule has 1 saturated heterocycles. The number of aryl methyl sites for hydroxylation is 2. The van der Waals surface area contributed by atoms with Gasteiger partial charge in [-0.25, -0.2) is 0 Å². The topological polar surface area (TPSA) is 87.1 Å². The van der Waals surface area contributed by atoms with E-state index in [4.69, 9.17) is 4.74 Å². The van der Waals surface area contributed by atoms with Crippen LogP contribution in [0.3, 0.4) is 0 Å². The van der Waals surface area contributed by atoms with Gasteiger partial charge in [0.15, 0.2) is 0 Å². The van der Waals surface area contributed by atoms with Crippen LogP contribution in [0.25, 0.3) is 5.76 Å². The number of ketones is 1. The van der Waals surface area contributed by atoms with Crippen molar-refractivity contribution in [1.29, 1.82) is 0 Å². The normalized spacial score (nSPS) is 17.3. The molecular formula is C28H27NO5. The van der Waals surface area contributed by atoms with Gasteiger partial charge in [0.25, 0.3) is 11.7 Å². The summed E-state index contributed by atoms with van der Waals surface area (Å²) in [7, 11) is 0. The molecule has 0 spiro atoms. The van der Waals surface area contributed by atoms with E-state index in [2.05, 4.69) is 0 Å². The largest absolute Gasteiger partial charge is 0.508 e. The number of aliphatic hydroxyl groups is 1. The van der Waals surface area contributed by atoms with Crippen molar-refractivity contribution >= 4 is 23.1 Å². The predicted molar refractivity (Wildman–Crippen MR) is 131 cm³/mol. The fraction of sp³-hybridized carbons (Fsp3) is 0.214. The summed E-state index contributed by atoms with van der Waals surface area (Å²) in [4.78, 5) is 28.0. The van der Waals surface area contributed by atoms with E-state index < -0.39 is 17.7 Å². The number of nitrogens with zero attached hydrogens (tertiary/aromatic N) is 1. The molecule has 0 saturated carbocycles. The molecule has 34 heavy (non-hydrogen) atoms. The Morgan fingerprint density at radius 3 is 2.41 bits per heavy atom. The molecule has 1 fully saturated rings. The second-order valence-corrected chi connectivity index (χ2v) is 8.43. The number of hydrogen-bond acceptors (Lipinski definition) is 5. The number of carbonyl (C=O) groups excluding carboxylic acids is 2. The lowest BCUT2D eigenvalue weighted by Gasteiger charge is -2.27. The molecule has 0 aliphatic carbocycles. The summed E-state index contributed by atoms with van der Waals surface area (Å²) in [5, 5.41) is 21.1. The SMILES string of the molecule is CCCOc1cccc(/C(O)=C2\C(=O)C(=O)N(c3ccc(C)cc3C)C2c2ccc(O)cc2)c1. The number of amides is 1. The Morgan fingerprint density at radius 1 is 1.00 bits per heavy atom. The number of benzene rings is 3. The monoisotopic (exact) mass is 457 g/mol. The molecule has 174 valence electrons. The number of Topliss-reactive ketones (excluding diaryl/α,β-unsaturated/α-hetero) is 1. The van der Waals surface area contributed by atoms with E-state index in [1.165, 1.54) is 17.0 Å². The number of phenols is 1. The smallest absolute Gasteiger partial charge is 0.300 e. The lowest BCUT2D eigenvalue weighted by atomic mass is 9.94. The summed E-state index contributed by atoms with van der Waals surface area (Å²) in [6, 6.07) is 17.9. The summed E-state index contributed by atoms with van der Waals surface area (Å²) >= 11 is 0. The van der Waals surface area contributed by atoms with Crippen molar-refractivity contribution in [1.82, 2.24) is 0 Å². The van der Waals surface area contributed by atoms with Gasteiger partial charge in [-0.1, -0.05) is 48.9 Å². The molecule has 1 amide bonds. The van der Waals surface area contributed by atoms with Crippen molar-refractivity contribution in [2.45, 2.75) is 33.2 Å². The van der Waals surface area contributed by atoms with Gasteiger partial charge in [-0.3, -0.25) is 14.5 Å². The highest BCUT2D eigenvalue weighted by Crippen LogP contribution is 2.43. The molecule has 4 rings (SSSR count). The number of phenolic OH excluding ortho intramolecular Hbond substituents is 1. The first-order chi connectivity index (χ1) is 16.3. The lowest BCUT2D eigenvalue weighted by Crippen LogP contribution is -2.30. The molecule has 2 N–H and O–H groups in total. The van der Waals surface area contributed by atoms with Crippen molar-refractivity contribution in [2.75, 3.05) is 11.5 Å². The molecular weight excluding hydrogens is 430 g/mol. The number of aromatic hydroxyl groups is 1. The Kier molecular flexibility index (Phi) is 6.41. The van der Waals surface area contributed by atoms with E-state index in [9.17, 15) is 19.8 Å². The van der Waals surface area contributed by atoms with Crippen molar-refractivity contribution in [3.63, 3.8) is 0 Å². The second-order valence-electron chi connectivity index (χ2n) is 8.43. The molecule has 6 heteroatoms. The van der Waals surface area contributed by atoms with Gasteiger partial charge in [0.05, 0.1) is 18.2 Å². The third-order valence-electron chi connectivity index (χ3n) is 5.85. The third kappa shape index (κ3) is 4.27. The van der Waals surface area contributed by atoms with Crippen LogP contribution in [0.2, 0.25) is 0 Å². The third-order valence-corrected chi connectivity index (χ3v) is 5.85. The molecule has 3 aromatic carbocycles. The molecule has 1 unspecified atom stereocenters. The molecule has 1 aliphatic rings. The molecule has 0 bridgehead atoms. The van der Waals surface area contributed by atoms with Crippen LogP contribution in [0.1, 0.15) is 41.6 Å². The summed E-state index contributed by atoms with van der Waals surface area (Å²) < 4.78 is 5.67. The summed E-state index contributed by atoms with van der Waals surface area (Å²) in [5.74, 6) is -1.13. The van der Waals surface area contributed by atoms with Crippen LogP contribution in [0, 0.1) is 13.8 Å². The maximum Gasteiger partial charge on any atom is 0.300 e. The number of anilines is 1. The Bertz CT molecular complexity index is 1280. The van der Waals surface area contributed by atoms with Crippen molar-refractivity contribution in [3.05, 3.63) is 94.6 Å². The average molecular weight is 458 g/mol. The molecule has 1 atom stereocenters. The quantitative estimate of drug-likeness (QED) is 0.293. The molecule has 1 heterocycles. The highest BCUT2D eigenvalue weighted by molar-refractivity contribution is 6.51. The number of ether oxygens (including phenoxy) is 1. The van der Waals surface area contributed by atoms with Gasteiger partial charge < -0.3 is 14.9 Å². The van der Waals surface area contributed by atoms with Gasteiger partial charge >= 0.3 is 0 Å². The van der Waals surface area contributed by atoms with Crippen LogP contribution in [-0.4, -0.2) is 28.5 Å². The van der Waals surface area contributed by atoms with E-state index in [1.54, 1.807) is 36.4 Å². The fourth-order valence-electron chi connectivity index (χ4n) is 4.24. The van der Waals surface area contributed by atoms with E-state index >= 15 is 0 Å². The highest BCUT2D eigenvalue weighted by Gasteiger charge is 2.47. The van der Waals surface area contributed by atoms with Crippen LogP contribution >= 0.6 is 0 Å². The molecule has 6 nitrogen and oxygen atoms in total. The van der Waals surface area contributed by atoms with Crippen molar-refractivity contribution < 1.29 is 24.5 Å². The first-order valence-corrected chi connectivity index (χ1v) is 11.2. The molecule has 0 aromatic heterocycles. The minimum Gasteiger partial charge on any atom is -0.508 e. The first-order valence-electron chi connectivity index (χ1n) is 11.2. The lowest BCUT2D eigenvalue weighted by molar-refractivity contribution is -0.132. The maximum absolute atomic E-state index is 13.3.